The summed E-state index contributed by atoms with van der Waals surface area (Å²) in [5.41, 5.74) is 0.897. The van der Waals surface area contributed by atoms with Crippen molar-refractivity contribution in [1.29, 1.82) is 0 Å². The predicted octanol–water partition coefficient (Wildman–Crippen LogP) is 1.30. The molecule has 0 atom stereocenters. The van der Waals surface area contributed by atoms with Gasteiger partial charge in [-0.25, -0.2) is 4.98 Å². The maximum atomic E-state index is 11.4. The van der Waals surface area contributed by atoms with E-state index in [1.54, 1.807) is 0 Å². The fourth-order valence-corrected chi connectivity index (χ4v) is 1.36. The first-order valence-corrected chi connectivity index (χ1v) is 6.03. The van der Waals surface area contributed by atoms with E-state index < -0.39 is 0 Å². The van der Waals surface area contributed by atoms with E-state index in [1.807, 2.05) is 13.8 Å². The summed E-state index contributed by atoms with van der Waals surface area (Å²) in [6, 6.07) is 0. The zero-order chi connectivity index (χ0) is 12.7. The van der Waals surface area contributed by atoms with Crippen LogP contribution >= 0.6 is 0 Å². The van der Waals surface area contributed by atoms with Gasteiger partial charge in [0.15, 0.2) is 0 Å². The second kappa shape index (κ2) is 7.06. The summed E-state index contributed by atoms with van der Waals surface area (Å²) < 4.78 is 5.39. The number of carbonyl (C=O) groups excluding carboxylic acids is 1. The Kier molecular flexibility index (Phi) is 5.69. The Bertz CT molecular complexity index is 341. The molecule has 0 aromatic carbocycles. The van der Waals surface area contributed by atoms with E-state index in [9.17, 15) is 4.79 Å². The van der Waals surface area contributed by atoms with Gasteiger partial charge < -0.3 is 9.73 Å². The lowest BCUT2D eigenvalue weighted by Gasteiger charge is -2.04. The average Bonchev–Trinajstić information content (AvgIpc) is 2.59. The number of unbranched alkanes of at least 4 members (excludes halogenated alkanes) is 1. The average molecular weight is 239 g/mol. The van der Waals surface area contributed by atoms with Gasteiger partial charge in [0, 0.05) is 6.54 Å². The van der Waals surface area contributed by atoms with Gasteiger partial charge in [-0.1, -0.05) is 13.3 Å². The fraction of sp³-hybridized carbons (Fsp3) is 0.667. The summed E-state index contributed by atoms with van der Waals surface area (Å²) in [7, 11) is 0. The van der Waals surface area contributed by atoms with Gasteiger partial charge >= 0.3 is 0 Å². The first kappa shape index (κ1) is 13.7. The lowest BCUT2D eigenvalue weighted by molar-refractivity contribution is -0.120. The molecule has 1 aromatic heterocycles. The zero-order valence-electron chi connectivity index (χ0n) is 10.8. The summed E-state index contributed by atoms with van der Waals surface area (Å²) in [5, 5.41) is 5.83. The first-order valence-electron chi connectivity index (χ1n) is 6.03. The number of hydrogen-bond donors (Lipinski definition) is 2. The molecule has 0 aliphatic carbocycles. The molecule has 0 fully saturated rings. The molecular formula is C12H21N3O2. The van der Waals surface area contributed by atoms with Crippen molar-refractivity contribution in [3.05, 3.63) is 17.3 Å². The van der Waals surface area contributed by atoms with Crippen LogP contribution in [0, 0.1) is 13.8 Å². The smallest absolute Gasteiger partial charge is 0.233 e. The summed E-state index contributed by atoms with van der Waals surface area (Å²) in [5.74, 6) is 1.47. The number of carbonyl (C=O) groups is 1. The highest BCUT2D eigenvalue weighted by Crippen LogP contribution is 2.07. The van der Waals surface area contributed by atoms with Crippen LogP contribution in [0.4, 0.5) is 0 Å². The van der Waals surface area contributed by atoms with Gasteiger partial charge in [-0.3, -0.25) is 10.1 Å². The predicted molar refractivity (Wildman–Crippen MR) is 65.6 cm³/mol. The molecule has 0 saturated carbocycles. The van der Waals surface area contributed by atoms with E-state index in [4.69, 9.17) is 4.42 Å². The highest BCUT2D eigenvalue weighted by atomic mass is 16.4. The van der Waals surface area contributed by atoms with Gasteiger partial charge in [-0.15, -0.1) is 0 Å². The molecule has 1 heterocycles. The Morgan fingerprint density at radius 1 is 1.41 bits per heavy atom. The monoisotopic (exact) mass is 239 g/mol. The van der Waals surface area contributed by atoms with Crippen LogP contribution in [0.5, 0.6) is 0 Å². The Hall–Kier alpha value is -1.36. The number of nitrogens with one attached hydrogen (secondary N) is 2. The van der Waals surface area contributed by atoms with Crippen LogP contribution in [0.15, 0.2) is 4.42 Å². The quantitative estimate of drug-likeness (QED) is 0.704. The largest absolute Gasteiger partial charge is 0.444 e. The van der Waals surface area contributed by atoms with Crippen LogP contribution in [0.3, 0.4) is 0 Å². The van der Waals surface area contributed by atoms with Crippen LogP contribution in [0.2, 0.25) is 0 Å². The number of rotatable bonds is 7. The normalized spacial score (nSPS) is 10.5. The molecule has 1 amide bonds. The van der Waals surface area contributed by atoms with Crippen LogP contribution in [-0.4, -0.2) is 24.0 Å². The Morgan fingerprint density at radius 2 is 2.18 bits per heavy atom. The minimum atomic E-state index is 0.0125. The third-order valence-electron chi connectivity index (χ3n) is 2.49. The van der Waals surface area contributed by atoms with Crippen molar-refractivity contribution in [3.8, 4) is 0 Å². The number of amides is 1. The molecule has 2 N–H and O–H groups in total. The summed E-state index contributed by atoms with van der Waals surface area (Å²) >= 11 is 0. The number of hydrogen-bond acceptors (Lipinski definition) is 4. The molecule has 0 saturated heterocycles. The van der Waals surface area contributed by atoms with Crippen LogP contribution in [-0.2, 0) is 11.3 Å². The van der Waals surface area contributed by atoms with E-state index >= 15 is 0 Å². The van der Waals surface area contributed by atoms with Crippen molar-refractivity contribution in [1.82, 2.24) is 15.6 Å². The lowest BCUT2D eigenvalue weighted by atomic mass is 10.3. The van der Waals surface area contributed by atoms with Gasteiger partial charge in [0.1, 0.15) is 5.76 Å². The van der Waals surface area contributed by atoms with E-state index in [1.165, 1.54) is 0 Å². The molecule has 0 spiro atoms. The van der Waals surface area contributed by atoms with Crippen molar-refractivity contribution in [2.24, 2.45) is 0 Å². The van der Waals surface area contributed by atoms with E-state index in [-0.39, 0.29) is 5.91 Å². The third-order valence-corrected chi connectivity index (χ3v) is 2.49. The van der Waals surface area contributed by atoms with Crippen molar-refractivity contribution in [2.75, 3.05) is 13.1 Å². The Labute approximate surface area is 102 Å². The van der Waals surface area contributed by atoms with Gasteiger partial charge in [-0.05, 0) is 20.3 Å². The minimum Gasteiger partial charge on any atom is -0.444 e. The van der Waals surface area contributed by atoms with Crippen molar-refractivity contribution in [3.63, 3.8) is 0 Å². The standard InChI is InChI=1S/C12H21N3O2/c1-4-5-6-14-11(16)7-13-8-12-15-9(2)10(3)17-12/h13H,4-8H2,1-3H3,(H,14,16). The molecule has 5 nitrogen and oxygen atoms in total. The Morgan fingerprint density at radius 3 is 2.76 bits per heavy atom. The molecular weight excluding hydrogens is 218 g/mol. The second-order valence-corrected chi connectivity index (χ2v) is 4.06. The SMILES string of the molecule is CCCCNC(=O)CNCc1nc(C)c(C)o1. The van der Waals surface area contributed by atoms with Crippen LogP contribution < -0.4 is 10.6 Å². The van der Waals surface area contributed by atoms with E-state index in [2.05, 4.69) is 22.5 Å². The van der Waals surface area contributed by atoms with Crippen LogP contribution in [0.25, 0.3) is 0 Å². The van der Waals surface area contributed by atoms with Gasteiger partial charge in [0.25, 0.3) is 0 Å². The molecule has 17 heavy (non-hydrogen) atoms. The highest BCUT2D eigenvalue weighted by Gasteiger charge is 2.05. The van der Waals surface area contributed by atoms with E-state index in [0.717, 1.165) is 30.8 Å². The number of aryl methyl sites for hydroxylation is 2. The second-order valence-electron chi connectivity index (χ2n) is 4.06. The van der Waals surface area contributed by atoms with E-state index in [0.29, 0.717) is 19.0 Å². The van der Waals surface area contributed by atoms with Gasteiger partial charge in [-0.2, -0.15) is 0 Å². The third kappa shape index (κ3) is 4.99. The molecule has 0 aliphatic rings. The van der Waals surface area contributed by atoms with Crippen LogP contribution in [0.1, 0.15) is 37.1 Å². The number of oxazole rings is 1. The summed E-state index contributed by atoms with van der Waals surface area (Å²) in [6.45, 7) is 7.40. The van der Waals surface area contributed by atoms with Crippen molar-refractivity contribution >= 4 is 5.91 Å². The topological polar surface area (TPSA) is 67.2 Å². The zero-order valence-corrected chi connectivity index (χ0v) is 10.8. The maximum Gasteiger partial charge on any atom is 0.233 e. The number of aromatic nitrogens is 1. The molecule has 96 valence electrons. The highest BCUT2D eigenvalue weighted by molar-refractivity contribution is 5.77. The van der Waals surface area contributed by atoms with Gasteiger partial charge in [0.05, 0.1) is 18.8 Å². The van der Waals surface area contributed by atoms with Crippen molar-refractivity contribution < 1.29 is 9.21 Å². The summed E-state index contributed by atoms with van der Waals surface area (Å²) in [4.78, 5) is 15.6. The molecule has 1 rings (SSSR count). The fourth-order valence-electron chi connectivity index (χ4n) is 1.36. The lowest BCUT2D eigenvalue weighted by Crippen LogP contribution is -2.34. The maximum absolute atomic E-state index is 11.4. The molecule has 0 aliphatic heterocycles. The Balaban J connectivity index is 2.17. The number of nitrogens with zero attached hydrogens (tertiary/aromatic N) is 1. The molecule has 0 radical (unpaired) electrons. The summed E-state index contributed by atoms with van der Waals surface area (Å²) in [6.07, 6.45) is 2.10. The molecule has 0 bridgehead atoms. The first-order chi connectivity index (χ1) is 8.13. The van der Waals surface area contributed by atoms with Gasteiger partial charge in [0.2, 0.25) is 11.8 Å². The van der Waals surface area contributed by atoms with Crippen molar-refractivity contribution in [2.45, 2.75) is 40.2 Å². The molecule has 5 heteroatoms. The molecule has 0 unspecified atom stereocenters. The minimum absolute atomic E-state index is 0.0125. The molecule has 1 aromatic rings.